The Morgan fingerprint density at radius 3 is 2.63 bits per heavy atom. The van der Waals surface area contributed by atoms with Crippen LogP contribution in [0, 0.1) is 5.92 Å². The molecule has 6 heteroatoms. The summed E-state index contributed by atoms with van der Waals surface area (Å²) in [4.78, 5) is 22.8. The third-order valence-electron chi connectivity index (χ3n) is 2.93. The number of carbonyl (C=O) groups is 2. The quantitative estimate of drug-likeness (QED) is 0.748. The maximum atomic E-state index is 11.4. The first-order valence-electron chi connectivity index (χ1n) is 6.60. The molecular weight excluding hydrogens is 248 g/mol. The fourth-order valence-electron chi connectivity index (χ4n) is 2.04. The van der Waals surface area contributed by atoms with E-state index in [1.165, 1.54) is 7.11 Å². The van der Waals surface area contributed by atoms with E-state index in [1.54, 1.807) is 0 Å². The maximum absolute atomic E-state index is 11.4. The first kappa shape index (κ1) is 15.8. The Labute approximate surface area is 114 Å². The Hall–Kier alpha value is -1.30. The molecule has 0 saturated carbocycles. The van der Waals surface area contributed by atoms with Crippen LogP contribution in [-0.2, 0) is 14.3 Å². The van der Waals surface area contributed by atoms with Crippen molar-refractivity contribution in [2.45, 2.75) is 45.3 Å². The van der Waals surface area contributed by atoms with E-state index >= 15 is 0 Å². The molecule has 1 fully saturated rings. The zero-order chi connectivity index (χ0) is 14.5. The normalized spacial score (nSPS) is 22.9. The van der Waals surface area contributed by atoms with Crippen LogP contribution >= 0.6 is 0 Å². The summed E-state index contributed by atoms with van der Waals surface area (Å²) in [5.41, 5.74) is -0.477. The molecule has 6 nitrogen and oxygen atoms in total. The highest BCUT2D eigenvalue weighted by molar-refractivity contribution is 5.76. The molecular formula is C13H24N2O4. The molecule has 0 aromatic rings. The zero-order valence-electron chi connectivity index (χ0n) is 12.1. The summed E-state index contributed by atoms with van der Waals surface area (Å²) in [5.74, 6) is 0.154. The highest BCUT2D eigenvalue weighted by Gasteiger charge is 2.29. The predicted molar refractivity (Wildman–Crippen MR) is 70.8 cm³/mol. The van der Waals surface area contributed by atoms with Crippen LogP contribution in [0.15, 0.2) is 0 Å². The Morgan fingerprint density at radius 1 is 1.37 bits per heavy atom. The van der Waals surface area contributed by atoms with Crippen molar-refractivity contribution in [3.05, 3.63) is 0 Å². The third-order valence-corrected chi connectivity index (χ3v) is 2.93. The molecule has 1 saturated heterocycles. The van der Waals surface area contributed by atoms with Crippen molar-refractivity contribution in [3.8, 4) is 0 Å². The van der Waals surface area contributed by atoms with Crippen molar-refractivity contribution in [2.24, 2.45) is 5.92 Å². The average molecular weight is 272 g/mol. The predicted octanol–water partition coefficient (Wildman–Crippen LogP) is 1.05. The monoisotopic (exact) mass is 272 g/mol. The summed E-state index contributed by atoms with van der Waals surface area (Å²) in [6.45, 7) is 6.81. The number of amides is 1. The summed E-state index contributed by atoms with van der Waals surface area (Å²) in [6, 6.07) is -0.212. The molecule has 1 aliphatic heterocycles. The van der Waals surface area contributed by atoms with Gasteiger partial charge in [0, 0.05) is 6.54 Å². The van der Waals surface area contributed by atoms with Gasteiger partial charge in [-0.15, -0.1) is 0 Å². The Kier molecular flexibility index (Phi) is 5.60. The lowest BCUT2D eigenvalue weighted by atomic mass is 10.0. The average Bonchev–Trinajstić information content (AvgIpc) is 2.74. The smallest absolute Gasteiger partial charge is 0.407 e. The summed E-state index contributed by atoms with van der Waals surface area (Å²) in [7, 11) is 1.39. The van der Waals surface area contributed by atoms with Crippen LogP contribution < -0.4 is 10.6 Å². The highest BCUT2D eigenvalue weighted by atomic mass is 16.6. The molecule has 1 heterocycles. The van der Waals surface area contributed by atoms with Crippen molar-refractivity contribution in [3.63, 3.8) is 0 Å². The van der Waals surface area contributed by atoms with E-state index in [1.807, 2.05) is 20.8 Å². The van der Waals surface area contributed by atoms with E-state index in [2.05, 4.69) is 15.4 Å². The minimum absolute atomic E-state index is 0.212. The molecule has 0 radical (unpaired) electrons. The first-order chi connectivity index (χ1) is 8.81. The van der Waals surface area contributed by atoms with E-state index in [0.717, 1.165) is 19.4 Å². The second-order valence-corrected chi connectivity index (χ2v) is 5.80. The van der Waals surface area contributed by atoms with Crippen molar-refractivity contribution in [1.29, 1.82) is 0 Å². The van der Waals surface area contributed by atoms with E-state index < -0.39 is 11.7 Å². The zero-order valence-corrected chi connectivity index (χ0v) is 12.1. The van der Waals surface area contributed by atoms with Crippen molar-refractivity contribution >= 4 is 12.1 Å². The molecule has 1 unspecified atom stereocenters. The van der Waals surface area contributed by atoms with E-state index in [0.29, 0.717) is 12.5 Å². The SMILES string of the molecule is COC(=O)[C@@H]1CC(CCNC(=O)OC(C)(C)C)CN1. The van der Waals surface area contributed by atoms with Gasteiger partial charge in [-0.1, -0.05) is 0 Å². The number of carbonyl (C=O) groups excluding carboxylic acids is 2. The molecule has 2 atom stereocenters. The van der Waals surface area contributed by atoms with Gasteiger partial charge >= 0.3 is 12.1 Å². The topological polar surface area (TPSA) is 76.7 Å². The number of nitrogens with one attached hydrogen (secondary N) is 2. The van der Waals surface area contributed by atoms with Crippen LogP contribution in [0.5, 0.6) is 0 Å². The summed E-state index contributed by atoms with van der Waals surface area (Å²) >= 11 is 0. The van der Waals surface area contributed by atoms with Crippen LogP contribution in [-0.4, -0.2) is 43.9 Å². The largest absolute Gasteiger partial charge is 0.468 e. The molecule has 0 aromatic heterocycles. The lowest BCUT2D eigenvalue weighted by molar-refractivity contribution is -0.142. The fraction of sp³-hybridized carbons (Fsp3) is 0.846. The summed E-state index contributed by atoms with van der Waals surface area (Å²) in [6.07, 6.45) is 1.17. The minimum Gasteiger partial charge on any atom is -0.468 e. The number of esters is 1. The molecule has 2 N–H and O–H groups in total. The van der Waals surface area contributed by atoms with Crippen LogP contribution in [0.2, 0.25) is 0 Å². The summed E-state index contributed by atoms with van der Waals surface area (Å²) in [5, 5.41) is 5.83. The molecule has 0 aromatic carbocycles. The highest BCUT2D eigenvalue weighted by Crippen LogP contribution is 2.17. The lowest BCUT2D eigenvalue weighted by Gasteiger charge is -2.20. The first-order valence-corrected chi connectivity index (χ1v) is 6.60. The van der Waals surface area contributed by atoms with Gasteiger partial charge in [-0.2, -0.15) is 0 Å². The van der Waals surface area contributed by atoms with Gasteiger partial charge in [0.2, 0.25) is 0 Å². The number of hydrogen-bond acceptors (Lipinski definition) is 5. The standard InChI is InChI=1S/C13H24N2O4/c1-13(2,3)19-12(17)14-6-5-9-7-10(15-8-9)11(16)18-4/h9-10,15H,5-8H2,1-4H3,(H,14,17)/t9?,10-/m0/s1. The van der Waals surface area contributed by atoms with Crippen molar-refractivity contribution in [1.82, 2.24) is 10.6 Å². The molecule has 1 rings (SSSR count). The van der Waals surface area contributed by atoms with Gasteiger partial charge in [-0.05, 0) is 46.1 Å². The molecule has 0 aliphatic carbocycles. The van der Waals surface area contributed by atoms with Gasteiger partial charge in [0.05, 0.1) is 7.11 Å². The van der Waals surface area contributed by atoms with Gasteiger partial charge < -0.3 is 20.1 Å². The van der Waals surface area contributed by atoms with Crippen molar-refractivity contribution < 1.29 is 19.1 Å². The number of hydrogen-bond donors (Lipinski definition) is 2. The van der Waals surface area contributed by atoms with Crippen LogP contribution in [0.25, 0.3) is 0 Å². The van der Waals surface area contributed by atoms with E-state index in [4.69, 9.17) is 4.74 Å². The minimum atomic E-state index is -0.477. The second kappa shape index (κ2) is 6.75. The Balaban J connectivity index is 2.18. The molecule has 1 amide bonds. The second-order valence-electron chi connectivity index (χ2n) is 5.80. The Bertz CT molecular complexity index is 325. The summed E-state index contributed by atoms with van der Waals surface area (Å²) < 4.78 is 9.83. The van der Waals surface area contributed by atoms with Gasteiger partial charge in [-0.3, -0.25) is 4.79 Å². The maximum Gasteiger partial charge on any atom is 0.407 e. The van der Waals surface area contributed by atoms with Crippen molar-refractivity contribution in [2.75, 3.05) is 20.2 Å². The molecule has 19 heavy (non-hydrogen) atoms. The van der Waals surface area contributed by atoms with E-state index in [-0.39, 0.29) is 12.0 Å². The number of alkyl carbamates (subject to hydrolysis) is 1. The van der Waals surface area contributed by atoms with Crippen LogP contribution in [0.3, 0.4) is 0 Å². The number of rotatable bonds is 4. The van der Waals surface area contributed by atoms with Gasteiger partial charge in [0.15, 0.2) is 0 Å². The van der Waals surface area contributed by atoms with Gasteiger partial charge in [0.1, 0.15) is 11.6 Å². The molecule has 110 valence electrons. The Morgan fingerprint density at radius 2 is 2.05 bits per heavy atom. The fourth-order valence-corrected chi connectivity index (χ4v) is 2.04. The van der Waals surface area contributed by atoms with Crippen LogP contribution in [0.1, 0.15) is 33.6 Å². The molecule has 0 bridgehead atoms. The third kappa shape index (κ3) is 5.92. The van der Waals surface area contributed by atoms with E-state index in [9.17, 15) is 9.59 Å². The molecule has 0 spiro atoms. The van der Waals surface area contributed by atoms with Crippen LogP contribution in [0.4, 0.5) is 4.79 Å². The molecule has 1 aliphatic rings. The van der Waals surface area contributed by atoms with Gasteiger partial charge in [0.25, 0.3) is 0 Å². The number of methoxy groups -OCH3 is 1. The number of ether oxygens (including phenoxy) is 2. The van der Waals surface area contributed by atoms with Gasteiger partial charge in [-0.25, -0.2) is 4.79 Å². The lowest BCUT2D eigenvalue weighted by Crippen LogP contribution is -2.33.